The Kier molecular flexibility index (Phi) is 9.25. The van der Waals surface area contributed by atoms with Crippen LogP contribution >= 0.6 is 12.4 Å². The number of aryl methyl sites for hydroxylation is 2. The lowest BCUT2D eigenvalue weighted by Crippen LogP contribution is -2.48. The molecule has 1 N–H and O–H groups in total. The first kappa shape index (κ1) is 21.7. The van der Waals surface area contributed by atoms with Gasteiger partial charge in [-0.15, -0.1) is 12.4 Å². The molecule has 0 spiro atoms. The number of likely N-dealkylation sites (tertiary alicyclic amines) is 1. The van der Waals surface area contributed by atoms with Crippen LogP contribution in [0.15, 0.2) is 18.2 Å². The maximum absolute atomic E-state index is 12.4. The van der Waals surface area contributed by atoms with Gasteiger partial charge in [0.15, 0.2) is 0 Å². The van der Waals surface area contributed by atoms with Gasteiger partial charge in [-0.3, -0.25) is 9.69 Å². The van der Waals surface area contributed by atoms with Crippen molar-refractivity contribution < 1.29 is 9.53 Å². The van der Waals surface area contributed by atoms with Crippen molar-refractivity contribution in [2.24, 2.45) is 0 Å². The van der Waals surface area contributed by atoms with Gasteiger partial charge in [-0.1, -0.05) is 6.07 Å². The number of hydrogen-bond donors (Lipinski definition) is 1. The Morgan fingerprint density at radius 2 is 2.00 bits per heavy atom. The minimum Gasteiger partial charge on any atom is -0.492 e. The maximum atomic E-state index is 12.4. The van der Waals surface area contributed by atoms with Gasteiger partial charge in [0, 0.05) is 19.6 Å². The van der Waals surface area contributed by atoms with E-state index in [1.807, 2.05) is 26.2 Å². The van der Waals surface area contributed by atoms with E-state index in [-0.39, 0.29) is 18.3 Å². The number of hydrogen-bond acceptors (Lipinski definition) is 4. The Bertz CT molecular complexity index is 533. The lowest BCUT2D eigenvalue weighted by molar-refractivity contribution is -0.131. The first-order valence-electron chi connectivity index (χ1n) is 8.82. The van der Waals surface area contributed by atoms with Crippen LogP contribution in [0.3, 0.4) is 0 Å². The third-order valence-electron chi connectivity index (χ3n) is 4.59. The second kappa shape index (κ2) is 10.6. The number of carbonyl (C=O) groups is 1. The van der Waals surface area contributed by atoms with Gasteiger partial charge in [0.05, 0.1) is 13.1 Å². The molecule has 1 aliphatic heterocycles. The summed E-state index contributed by atoms with van der Waals surface area (Å²) in [6, 6.07) is 6.69. The van der Waals surface area contributed by atoms with Crippen LogP contribution in [0, 0.1) is 13.8 Å². The molecule has 1 aromatic carbocycles. The van der Waals surface area contributed by atoms with Gasteiger partial charge in [0.1, 0.15) is 12.4 Å². The summed E-state index contributed by atoms with van der Waals surface area (Å²) in [6.45, 7) is 7.71. The van der Waals surface area contributed by atoms with Crippen LogP contribution in [0.2, 0.25) is 0 Å². The van der Waals surface area contributed by atoms with Gasteiger partial charge in [-0.2, -0.15) is 0 Å². The van der Waals surface area contributed by atoms with Crippen molar-refractivity contribution in [3.63, 3.8) is 0 Å². The average Bonchev–Trinajstić information content (AvgIpc) is 2.54. The van der Waals surface area contributed by atoms with Crippen molar-refractivity contribution >= 4 is 18.3 Å². The van der Waals surface area contributed by atoms with Gasteiger partial charge in [-0.25, -0.2) is 0 Å². The van der Waals surface area contributed by atoms with Crippen molar-refractivity contribution in [3.8, 4) is 5.75 Å². The fraction of sp³-hybridized carbons (Fsp3) is 0.632. The van der Waals surface area contributed by atoms with E-state index in [4.69, 9.17) is 4.74 Å². The van der Waals surface area contributed by atoms with Crippen molar-refractivity contribution in [1.29, 1.82) is 0 Å². The summed E-state index contributed by atoms with van der Waals surface area (Å²) < 4.78 is 5.80. The molecule has 0 aliphatic carbocycles. The lowest BCUT2D eigenvalue weighted by atomic mass is 10.1. The smallest absolute Gasteiger partial charge is 0.236 e. The molecule has 6 heteroatoms. The van der Waals surface area contributed by atoms with Crippen LogP contribution in [0.5, 0.6) is 5.75 Å². The van der Waals surface area contributed by atoms with Gasteiger partial charge in [0.25, 0.3) is 0 Å². The number of nitrogens with zero attached hydrogens (tertiary/aromatic N) is 2. The van der Waals surface area contributed by atoms with Crippen LogP contribution in [0.4, 0.5) is 0 Å². The molecule has 1 fully saturated rings. The number of amides is 1. The standard InChI is InChI=1S/C19H31N3O2.ClH/c1-15-10-16(2)12-18(11-15)24-9-8-21(4)19(23)14-22-7-5-6-17(13-22)20-3;/h10-12,17,20H,5-9,13-14H2,1-4H3;1H. The highest BCUT2D eigenvalue weighted by atomic mass is 35.5. The molecule has 0 saturated carbocycles. The van der Waals surface area contributed by atoms with E-state index >= 15 is 0 Å². The van der Waals surface area contributed by atoms with Crippen molar-refractivity contribution in [2.75, 3.05) is 46.9 Å². The van der Waals surface area contributed by atoms with Gasteiger partial charge in [0.2, 0.25) is 5.91 Å². The van der Waals surface area contributed by atoms with Gasteiger partial charge < -0.3 is 15.0 Å². The zero-order valence-corrected chi connectivity index (χ0v) is 16.7. The van der Waals surface area contributed by atoms with Crippen LogP contribution in [0.1, 0.15) is 24.0 Å². The molecule has 0 aromatic heterocycles. The largest absolute Gasteiger partial charge is 0.492 e. The fourth-order valence-electron chi connectivity index (χ4n) is 3.19. The summed E-state index contributed by atoms with van der Waals surface area (Å²) in [6.07, 6.45) is 2.35. The van der Waals surface area contributed by atoms with E-state index in [9.17, 15) is 4.79 Å². The van der Waals surface area contributed by atoms with E-state index in [0.717, 1.165) is 25.3 Å². The van der Waals surface area contributed by atoms with E-state index in [0.29, 0.717) is 25.7 Å². The molecule has 0 bridgehead atoms. The third-order valence-corrected chi connectivity index (χ3v) is 4.59. The minimum absolute atomic E-state index is 0. The molecule has 25 heavy (non-hydrogen) atoms. The molecule has 5 nitrogen and oxygen atoms in total. The van der Waals surface area contributed by atoms with E-state index in [2.05, 4.69) is 30.1 Å². The molecule has 1 aromatic rings. The molecule has 1 saturated heterocycles. The molecule has 1 amide bonds. The second-order valence-corrected chi connectivity index (χ2v) is 6.85. The highest BCUT2D eigenvalue weighted by Gasteiger charge is 2.21. The Hall–Kier alpha value is -1.30. The number of piperidine rings is 1. The third kappa shape index (κ3) is 7.22. The molecule has 1 unspecified atom stereocenters. The molecule has 1 heterocycles. The number of halogens is 1. The first-order chi connectivity index (χ1) is 11.5. The predicted molar refractivity (Wildman–Crippen MR) is 105 cm³/mol. The number of nitrogens with one attached hydrogen (secondary N) is 1. The Labute approximate surface area is 158 Å². The molecular weight excluding hydrogens is 338 g/mol. The van der Waals surface area contributed by atoms with E-state index < -0.39 is 0 Å². The lowest BCUT2D eigenvalue weighted by Gasteiger charge is -2.33. The summed E-state index contributed by atoms with van der Waals surface area (Å²) in [5, 5.41) is 3.31. The zero-order chi connectivity index (χ0) is 17.5. The molecule has 1 atom stereocenters. The highest BCUT2D eigenvalue weighted by Crippen LogP contribution is 2.16. The van der Waals surface area contributed by atoms with Gasteiger partial charge in [-0.05, 0) is 63.5 Å². The van der Waals surface area contributed by atoms with Crippen LogP contribution in [-0.2, 0) is 4.79 Å². The number of carbonyl (C=O) groups excluding carboxylic acids is 1. The summed E-state index contributed by atoms with van der Waals surface area (Å²) in [5.41, 5.74) is 2.39. The van der Waals surface area contributed by atoms with E-state index in [1.165, 1.54) is 17.5 Å². The number of ether oxygens (including phenoxy) is 1. The molecule has 142 valence electrons. The van der Waals surface area contributed by atoms with Crippen molar-refractivity contribution in [2.45, 2.75) is 32.7 Å². The Balaban J connectivity index is 0.00000312. The minimum atomic E-state index is 0. The van der Waals surface area contributed by atoms with Crippen LogP contribution in [0.25, 0.3) is 0 Å². The predicted octanol–water partition coefficient (Wildman–Crippen LogP) is 2.25. The Morgan fingerprint density at radius 1 is 1.32 bits per heavy atom. The fourth-order valence-corrected chi connectivity index (χ4v) is 3.19. The van der Waals surface area contributed by atoms with Crippen molar-refractivity contribution in [3.05, 3.63) is 29.3 Å². The molecular formula is C19H32ClN3O2. The van der Waals surface area contributed by atoms with Crippen LogP contribution in [-0.4, -0.2) is 68.6 Å². The zero-order valence-electron chi connectivity index (χ0n) is 15.9. The quantitative estimate of drug-likeness (QED) is 0.800. The second-order valence-electron chi connectivity index (χ2n) is 6.85. The summed E-state index contributed by atoms with van der Waals surface area (Å²) >= 11 is 0. The van der Waals surface area contributed by atoms with E-state index in [1.54, 1.807) is 4.90 Å². The topological polar surface area (TPSA) is 44.8 Å². The highest BCUT2D eigenvalue weighted by molar-refractivity contribution is 5.85. The molecule has 2 rings (SSSR count). The average molecular weight is 370 g/mol. The number of likely N-dealkylation sites (N-methyl/N-ethyl adjacent to an activating group) is 2. The summed E-state index contributed by atoms with van der Waals surface area (Å²) in [4.78, 5) is 16.4. The first-order valence-corrected chi connectivity index (χ1v) is 8.82. The maximum Gasteiger partial charge on any atom is 0.236 e. The van der Waals surface area contributed by atoms with Gasteiger partial charge >= 0.3 is 0 Å². The monoisotopic (exact) mass is 369 g/mol. The number of rotatable bonds is 7. The van der Waals surface area contributed by atoms with Crippen LogP contribution < -0.4 is 10.1 Å². The number of benzene rings is 1. The SMILES string of the molecule is CNC1CCCN(CC(=O)N(C)CCOc2cc(C)cc(C)c2)C1.Cl. The Morgan fingerprint density at radius 3 is 2.64 bits per heavy atom. The van der Waals surface area contributed by atoms with Crippen molar-refractivity contribution in [1.82, 2.24) is 15.1 Å². The summed E-state index contributed by atoms with van der Waals surface area (Å²) in [5.74, 6) is 1.04. The molecule has 0 radical (unpaired) electrons. The molecule has 1 aliphatic rings. The normalized spacial score (nSPS) is 17.7. The summed E-state index contributed by atoms with van der Waals surface area (Å²) in [7, 11) is 3.85.